The van der Waals surface area contributed by atoms with Gasteiger partial charge in [0.15, 0.2) is 5.76 Å². The zero-order valence-corrected chi connectivity index (χ0v) is 15.1. The Kier molecular flexibility index (Phi) is 6.12. The average Bonchev–Trinajstić information content (AvgIpc) is 3.20. The minimum absolute atomic E-state index is 0.186. The largest absolute Gasteiger partial charge is 0.459 e. The van der Waals surface area contributed by atoms with E-state index >= 15 is 0 Å². The van der Waals surface area contributed by atoms with Gasteiger partial charge in [-0.25, -0.2) is 4.79 Å². The van der Waals surface area contributed by atoms with E-state index in [2.05, 4.69) is 16.0 Å². The van der Waals surface area contributed by atoms with Crippen molar-refractivity contribution in [1.29, 1.82) is 0 Å². The molecule has 7 heteroatoms. The maximum Gasteiger partial charge on any atom is 0.319 e. The third-order valence-electron chi connectivity index (χ3n) is 3.76. The van der Waals surface area contributed by atoms with Crippen LogP contribution in [0.2, 0.25) is 5.02 Å². The van der Waals surface area contributed by atoms with Crippen molar-refractivity contribution in [2.75, 3.05) is 17.2 Å². The number of anilines is 2. The Labute approximate surface area is 161 Å². The van der Waals surface area contributed by atoms with E-state index in [1.807, 2.05) is 30.3 Å². The van der Waals surface area contributed by atoms with Gasteiger partial charge in [-0.1, -0.05) is 41.9 Å². The molecular formula is C20H18ClN3O3. The van der Waals surface area contributed by atoms with E-state index in [9.17, 15) is 9.59 Å². The van der Waals surface area contributed by atoms with Crippen LogP contribution in [-0.4, -0.2) is 18.5 Å². The monoisotopic (exact) mass is 383 g/mol. The Morgan fingerprint density at radius 1 is 0.963 bits per heavy atom. The number of hydrogen-bond donors (Lipinski definition) is 3. The highest BCUT2D eigenvalue weighted by Crippen LogP contribution is 2.26. The highest BCUT2D eigenvalue weighted by Gasteiger charge is 2.11. The second-order valence-electron chi connectivity index (χ2n) is 5.74. The van der Waals surface area contributed by atoms with E-state index in [4.69, 9.17) is 16.0 Å². The summed E-state index contributed by atoms with van der Waals surface area (Å²) in [6, 6.07) is 17.6. The summed E-state index contributed by atoms with van der Waals surface area (Å²) in [6.07, 6.45) is 2.16. The Balaban J connectivity index is 1.51. The molecule has 0 unspecified atom stereocenters. The highest BCUT2D eigenvalue weighted by molar-refractivity contribution is 6.34. The molecule has 138 valence electrons. The molecule has 1 aromatic heterocycles. The fourth-order valence-corrected chi connectivity index (χ4v) is 2.65. The molecule has 0 fully saturated rings. The van der Waals surface area contributed by atoms with E-state index in [0.29, 0.717) is 22.9 Å². The summed E-state index contributed by atoms with van der Waals surface area (Å²) in [5.41, 5.74) is 2.10. The molecule has 0 aliphatic rings. The van der Waals surface area contributed by atoms with Crippen LogP contribution in [0.5, 0.6) is 0 Å². The first-order valence-electron chi connectivity index (χ1n) is 8.35. The standard InChI is InChI=1S/C20H18ClN3O3/c21-16-13-15(8-9-17(16)24-19(25)18-7-4-12-27-18)23-20(26)22-11-10-14-5-2-1-3-6-14/h1-9,12-13H,10-11H2,(H,24,25)(H2,22,23,26). The number of amides is 3. The number of hydrogen-bond acceptors (Lipinski definition) is 3. The number of carbonyl (C=O) groups is 2. The molecule has 3 aromatic rings. The molecular weight excluding hydrogens is 366 g/mol. The van der Waals surface area contributed by atoms with Crippen LogP contribution in [0.1, 0.15) is 16.1 Å². The summed E-state index contributed by atoms with van der Waals surface area (Å²) >= 11 is 6.19. The van der Waals surface area contributed by atoms with Gasteiger partial charge in [0.25, 0.3) is 5.91 Å². The van der Waals surface area contributed by atoms with Crippen molar-refractivity contribution in [1.82, 2.24) is 5.32 Å². The SMILES string of the molecule is O=C(NCCc1ccccc1)Nc1ccc(NC(=O)c2ccco2)c(Cl)c1. The zero-order chi connectivity index (χ0) is 19.1. The molecule has 0 aliphatic heterocycles. The lowest BCUT2D eigenvalue weighted by atomic mass is 10.1. The highest BCUT2D eigenvalue weighted by atomic mass is 35.5. The van der Waals surface area contributed by atoms with Gasteiger partial charge >= 0.3 is 6.03 Å². The molecule has 3 rings (SSSR count). The fraction of sp³-hybridized carbons (Fsp3) is 0.100. The summed E-state index contributed by atoms with van der Waals surface area (Å²) < 4.78 is 5.03. The summed E-state index contributed by atoms with van der Waals surface area (Å²) in [6.45, 7) is 0.515. The molecule has 6 nitrogen and oxygen atoms in total. The molecule has 0 aliphatic carbocycles. The first-order chi connectivity index (χ1) is 13.1. The number of carbonyl (C=O) groups excluding carboxylic acids is 2. The third kappa shape index (κ3) is 5.36. The van der Waals surface area contributed by atoms with E-state index in [-0.39, 0.29) is 11.8 Å². The Hall–Kier alpha value is -3.25. The number of furan rings is 1. The first-order valence-corrected chi connectivity index (χ1v) is 8.73. The molecule has 0 saturated heterocycles. The van der Waals surface area contributed by atoms with E-state index in [1.165, 1.54) is 6.26 Å². The van der Waals surface area contributed by atoms with E-state index in [0.717, 1.165) is 12.0 Å². The summed E-state index contributed by atoms with van der Waals surface area (Å²) in [4.78, 5) is 24.0. The lowest BCUT2D eigenvalue weighted by Gasteiger charge is -2.10. The predicted molar refractivity (Wildman–Crippen MR) is 105 cm³/mol. The zero-order valence-electron chi connectivity index (χ0n) is 14.4. The fourth-order valence-electron chi connectivity index (χ4n) is 2.43. The van der Waals surface area contributed by atoms with E-state index < -0.39 is 5.91 Å². The smallest absolute Gasteiger partial charge is 0.319 e. The van der Waals surface area contributed by atoms with Crippen molar-refractivity contribution in [2.24, 2.45) is 0 Å². The molecule has 2 aromatic carbocycles. The van der Waals surface area contributed by atoms with Crippen LogP contribution in [0, 0.1) is 0 Å². The second kappa shape index (κ2) is 8.91. The molecule has 3 N–H and O–H groups in total. The van der Waals surface area contributed by atoms with Gasteiger partial charge in [0.1, 0.15) is 0 Å². The van der Waals surface area contributed by atoms with Crippen LogP contribution in [-0.2, 0) is 6.42 Å². The molecule has 3 amide bonds. The molecule has 0 atom stereocenters. The van der Waals surface area contributed by atoms with Crippen LogP contribution >= 0.6 is 11.6 Å². The predicted octanol–water partition coefficient (Wildman–Crippen LogP) is 4.55. The minimum atomic E-state index is -0.402. The number of nitrogens with one attached hydrogen (secondary N) is 3. The van der Waals surface area contributed by atoms with Gasteiger partial charge in [-0.05, 0) is 42.3 Å². The van der Waals surface area contributed by atoms with Crippen molar-refractivity contribution in [3.63, 3.8) is 0 Å². The van der Waals surface area contributed by atoms with Gasteiger partial charge in [-0.15, -0.1) is 0 Å². The Morgan fingerprint density at radius 3 is 2.48 bits per heavy atom. The summed E-state index contributed by atoms with van der Waals surface area (Å²) in [7, 11) is 0. The lowest BCUT2D eigenvalue weighted by Crippen LogP contribution is -2.30. The van der Waals surface area contributed by atoms with Crippen LogP contribution in [0.15, 0.2) is 71.3 Å². The van der Waals surface area contributed by atoms with E-state index in [1.54, 1.807) is 30.3 Å². The Morgan fingerprint density at radius 2 is 1.78 bits per heavy atom. The summed E-state index contributed by atoms with van der Waals surface area (Å²) in [5.74, 6) is -0.215. The molecule has 27 heavy (non-hydrogen) atoms. The number of rotatable bonds is 6. The molecule has 0 radical (unpaired) electrons. The van der Waals surface area contributed by atoms with Gasteiger partial charge in [0, 0.05) is 12.2 Å². The maximum absolute atomic E-state index is 12.0. The number of urea groups is 1. The normalized spacial score (nSPS) is 10.3. The van der Waals surface area contributed by atoms with Gasteiger partial charge < -0.3 is 20.4 Å². The Bertz CT molecular complexity index is 911. The lowest BCUT2D eigenvalue weighted by molar-refractivity contribution is 0.0996. The summed E-state index contributed by atoms with van der Waals surface area (Å²) in [5, 5.41) is 8.46. The maximum atomic E-state index is 12.0. The third-order valence-corrected chi connectivity index (χ3v) is 4.07. The van der Waals surface area contributed by atoms with Crippen LogP contribution < -0.4 is 16.0 Å². The van der Waals surface area contributed by atoms with Gasteiger partial charge in [-0.2, -0.15) is 0 Å². The van der Waals surface area contributed by atoms with Gasteiger partial charge in [0.2, 0.25) is 0 Å². The number of benzene rings is 2. The van der Waals surface area contributed by atoms with Crippen molar-refractivity contribution in [3.05, 3.63) is 83.3 Å². The molecule has 0 spiro atoms. The van der Waals surface area contributed by atoms with Gasteiger partial charge in [0.05, 0.1) is 17.0 Å². The molecule has 1 heterocycles. The van der Waals surface area contributed by atoms with Gasteiger partial charge in [-0.3, -0.25) is 4.79 Å². The first kappa shape index (κ1) is 18.5. The van der Waals surface area contributed by atoms with Crippen LogP contribution in [0.4, 0.5) is 16.2 Å². The number of halogens is 1. The van der Waals surface area contributed by atoms with Crippen LogP contribution in [0.3, 0.4) is 0 Å². The minimum Gasteiger partial charge on any atom is -0.459 e. The second-order valence-corrected chi connectivity index (χ2v) is 6.15. The quantitative estimate of drug-likeness (QED) is 0.584. The van der Waals surface area contributed by atoms with Crippen molar-refractivity contribution >= 4 is 34.9 Å². The molecule has 0 saturated carbocycles. The van der Waals surface area contributed by atoms with Crippen LogP contribution in [0.25, 0.3) is 0 Å². The van der Waals surface area contributed by atoms with Crippen molar-refractivity contribution in [2.45, 2.75) is 6.42 Å². The topological polar surface area (TPSA) is 83.4 Å². The van der Waals surface area contributed by atoms with Crippen molar-refractivity contribution in [3.8, 4) is 0 Å². The average molecular weight is 384 g/mol. The van der Waals surface area contributed by atoms with Crippen molar-refractivity contribution < 1.29 is 14.0 Å². The molecule has 0 bridgehead atoms.